The van der Waals surface area contributed by atoms with Crippen molar-refractivity contribution < 1.29 is 43.0 Å². The molecular weight excluding hydrogens is 732 g/mol. The number of esters is 1. The Morgan fingerprint density at radius 1 is 0.807 bits per heavy atom. The summed E-state index contributed by atoms with van der Waals surface area (Å²) in [6, 6.07) is 5.58. The van der Waals surface area contributed by atoms with Gasteiger partial charge in [-0.3, -0.25) is 30.0 Å². The van der Waals surface area contributed by atoms with Crippen molar-refractivity contribution in [1.82, 2.24) is 26.2 Å². The zero-order valence-corrected chi connectivity index (χ0v) is 36.2. The number of nitrogens with one attached hydrogen (secondary N) is 4. The van der Waals surface area contributed by atoms with Gasteiger partial charge in [0.2, 0.25) is 17.8 Å². The van der Waals surface area contributed by atoms with Gasteiger partial charge in [0, 0.05) is 24.6 Å². The van der Waals surface area contributed by atoms with Crippen molar-refractivity contribution in [2.45, 2.75) is 151 Å². The van der Waals surface area contributed by atoms with Crippen LogP contribution in [-0.2, 0) is 28.6 Å². The summed E-state index contributed by atoms with van der Waals surface area (Å²) >= 11 is 0. The zero-order chi connectivity index (χ0) is 43.3. The maximum atomic E-state index is 14.5. The molecule has 1 aromatic carbocycles. The number of aliphatic imine (C=N–C) groups is 1. The van der Waals surface area contributed by atoms with E-state index < -0.39 is 70.8 Å². The molecule has 15 heteroatoms. The summed E-state index contributed by atoms with van der Waals surface area (Å²) < 4.78 is 16.3. The Morgan fingerprint density at radius 3 is 1.84 bits per heavy atom. The van der Waals surface area contributed by atoms with Crippen LogP contribution in [0.1, 0.15) is 126 Å². The number of benzene rings is 1. The van der Waals surface area contributed by atoms with E-state index >= 15 is 0 Å². The minimum absolute atomic E-state index is 0.0619. The lowest BCUT2D eigenvalue weighted by Gasteiger charge is -2.31. The van der Waals surface area contributed by atoms with E-state index in [9.17, 15) is 28.8 Å². The maximum absolute atomic E-state index is 14.5. The van der Waals surface area contributed by atoms with E-state index in [4.69, 9.17) is 14.2 Å². The van der Waals surface area contributed by atoms with Crippen LogP contribution in [0.2, 0.25) is 0 Å². The monoisotopic (exact) mass is 798 g/mol. The predicted octanol–water partition coefficient (Wildman–Crippen LogP) is 6.03. The number of unbranched alkanes of at least 4 members (excludes halogenated alkanes) is 1. The number of hydrogen-bond acceptors (Lipinski definition) is 10. The number of ether oxygens (including phenoxy) is 3. The average molecular weight is 799 g/mol. The molecular formula is C42H66N6O9. The van der Waals surface area contributed by atoms with Gasteiger partial charge < -0.3 is 29.7 Å². The number of allylic oxidation sites excluding steroid dienone is 1. The Hall–Kier alpha value is -4.95. The van der Waals surface area contributed by atoms with Crippen LogP contribution in [0, 0.1) is 11.8 Å². The molecule has 1 saturated heterocycles. The molecule has 0 bridgehead atoms. The third kappa shape index (κ3) is 17.4. The number of carbonyl (C=O) groups is 6. The van der Waals surface area contributed by atoms with Crippen molar-refractivity contribution in [3.63, 3.8) is 0 Å². The van der Waals surface area contributed by atoms with Crippen molar-refractivity contribution in [3.8, 4) is 0 Å². The van der Waals surface area contributed by atoms with Gasteiger partial charge in [-0.05, 0) is 119 Å². The van der Waals surface area contributed by atoms with Crippen molar-refractivity contribution in [2.75, 3.05) is 13.1 Å². The molecule has 5 amide bonds. The van der Waals surface area contributed by atoms with Gasteiger partial charge in [-0.25, -0.2) is 14.4 Å². The molecule has 1 aliphatic rings. The van der Waals surface area contributed by atoms with E-state index in [0.29, 0.717) is 24.8 Å². The molecule has 0 unspecified atom stereocenters. The first-order chi connectivity index (χ1) is 26.3. The molecule has 2 rings (SSSR count). The number of nitrogens with zero attached hydrogens (tertiary/aromatic N) is 2. The molecule has 0 aliphatic carbocycles. The quantitative estimate of drug-likeness (QED) is 0.0461. The second-order valence-electron chi connectivity index (χ2n) is 17.7. The molecule has 0 spiro atoms. The summed E-state index contributed by atoms with van der Waals surface area (Å²) in [6.07, 6.45) is 1.51. The topological polar surface area (TPSA) is 194 Å². The third-order valence-electron chi connectivity index (χ3n) is 8.43. The summed E-state index contributed by atoms with van der Waals surface area (Å²) in [5.74, 6) is -2.45. The Labute approximate surface area is 338 Å². The van der Waals surface area contributed by atoms with E-state index in [-0.39, 0.29) is 37.3 Å². The van der Waals surface area contributed by atoms with Crippen LogP contribution in [0.3, 0.4) is 0 Å². The highest BCUT2D eigenvalue weighted by molar-refractivity contribution is 6.01. The van der Waals surface area contributed by atoms with Crippen molar-refractivity contribution in [3.05, 3.63) is 47.5 Å². The lowest BCUT2D eigenvalue weighted by molar-refractivity contribution is -0.159. The lowest BCUT2D eigenvalue weighted by atomic mass is 9.96. The first-order valence-corrected chi connectivity index (χ1v) is 19.7. The highest BCUT2D eigenvalue weighted by Crippen LogP contribution is 2.31. The number of likely N-dealkylation sites (tertiary alicyclic amines) is 1. The van der Waals surface area contributed by atoms with E-state index in [0.717, 1.165) is 5.57 Å². The summed E-state index contributed by atoms with van der Waals surface area (Å²) in [5.41, 5.74) is -1.15. The van der Waals surface area contributed by atoms with Gasteiger partial charge in [0.25, 0.3) is 5.91 Å². The largest absolute Gasteiger partial charge is 0.458 e. The van der Waals surface area contributed by atoms with Gasteiger partial charge in [-0.15, -0.1) is 0 Å². The lowest BCUT2D eigenvalue weighted by Crippen LogP contribution is -2.57. The molecule has 4 atom stereocenters. The summed E-state index contributed by atoms with van der Waals surface area (Å²) in [7, 11) is 0. The standard InChI is InChI=1S/C42H66N6O9/c1-14-28-25-48(32(27(28)4)34(50)45-31(24-26(2)3)36(52)55-40(5,6)7)35(51)30(44-33(49)29-20-16-15-17-21-29)22-18-19-23-43-37(46-38(53)56-41(8,9)10)47-39(54)57-42(11,12)13/h14-17,20-21,26-27,30-32H,18-19,22-25H2,1-13H3,(H,44,49)(H,45,50)(H2,43,46,47,53,54)/b28-14-/t27-,30+,31+,32+/m1/s1. The van der Waals surface area contributed by atoms with E-state index in [1.54, 1.807) is 92.6 Å². The predicted molar refractivity (Wildman–Crippen MR) is 218 cm³/mol. The Morgan fingerprint density at radius 2 is 1.35 bits per heavy atom. The van der Waals surface area contributed by atoms with Crippen LogP contribution >= 0.6 is 0 Å². The SMILES string of the molecule is C/C=C1/CN(C(=O)[C@H](CCCCN=C(NC(=O)OC(C)(C)C)NC(=O)OC(C)(C)C)NC(=O)c2ccccc2)[C@H](C(=O)N[C@@H](CC(C)C)C(=O)OC(C)(C)C)[C@@H]1C. The molecule has 1 heterocycles. The number of carbonyl (C=O) groups excluding carboxylic acids is 6. The highest BCUT2D eigenvalue weighted by Gasteiger charge is 2.45. The number of alkyl carbamates (subject to hydrolysis) is 2. The number of amides is 5. The Balaban J connectivity index is 2.36. The first-order valence-electron chi connectivity index (χ1n) is 19.7. The van der Waals surface area contributed by atoms with Gasteiger partial charge in [0.15, 0.2) is 0 Å². The van der Waals surface area contributed by atoms with Crippen LogP contribution in [0.25, 0.3) is 0 Å². The van der Waals surface area contributed by atoms with Gasteiger partial charge in [0.05, 0.1) is 0 Å². The third-order valence-corrected chi connectivity index (χ3v) is 8.43. The van der Waals surface area contributed by atoms with Crippen LogP contribution in [0.15, 0.2) is 47.0 Å². The van der Waals surface area contributed by atoms with E-state index in [1.165, 1.54) is 4.90 Å². The molecule has 0 saturated carbocycles. The minimum Gasteiger partial charge on any atom is -0.458 e. The highest BCUT2D eigenvalue weighted by atomic mass is 16.6. The van der Waals surface area contributed by atoms with E-state index in [2.05, 4.69) is 26.3 Å². The second-order valence-corrected chi connectivity index (χ2v) is 17.7. The number of guanidine groups is 1. The fourth-order valence-electron chi connectivity index (χ4n) is 6.02. The first kappa shape index (κ1) is 48.2. The molecule has 57 heavy (non-hydrogen) atoms. The van der Waals surface area contributed by atoms with Crippen LogP contribution in [-0.4, -0.2) is 94.8 Å². The summed E-state index contributed by atoms with van der Waals surface area (Å²) in [5, 5.41) is 10.7. The molecule has 1 aliphatic heterocycles. The van der Waals surface area contributed by atoms with Crippen LogP contribution in [0.5, 0.6) is 0 Å². The smallest absolute Gasteiger partial charge is 0.414 e. The van der Waals surface area contributed by atoms with Crippen LogP contribution in [0.4, 0.5) is 9.59 Å². The molecule has 15 nitrogen and oxygen atoms in total. The molecule has 1 aromatic rings. The number of hydrogen-bond donors (Lipinski definition) is 4. The Bertz CT molecular complexity index is 1590. The zero-order valence-electron chi connectivity index (χ0n) is 36.2. The molecule has 318 valence electrons. The molecule has 1 fully saturated rings. The molecule has 0 aromatic heterocycles. The fraction of sp³-hybridized carbons (Fsp3) is 0.643. The fourth-order valence-corrected chi connectivity index (χ4v) is 6.02. The van der Waals surface area contributed by atoms with Crippen LogP contribution < -0.4 is 21.3 Å². The molecule has 4 N–H and O–H groups in total. The van der Waals surface area contributed by atoms with Gasteiger partial charge in [-0.1, -0.05) is 45.0 Å². The number of rotatable bonds is 13. The normalized spacial score (nSPS) is 17.6. The summed E-state index contributed by atoms with van der Waals surface area (Å²) in [6.45, 7) is 23.3. The Kier molecular flexibility index (Phi) is 17.8. The van der Waals surface area contributed by atoms with Crippen molar-refractivity contribution >= 4 is 41.8 Å². The molecule has 0 radical (unpaired) electrons. The van der Waals surface area contributed by atoms with Gasteiger partial charge in [-0.2, -0.15) is 0 Å². The summed E-state index contributed by atoms with van der Waals surface area (Å²) in [4.78, 5) is 86.2. The van der Waals surface area contributed by atoms with Gasteiger partial charge in [0.1, 0.15) is 34.9 Å². The van der Waals surface area contributed by atoms with E-state index in [1.807, 2.05) is 33.8 Å². The maximum Gasteiger partial charge on any atom is 0.414 e. The minimum atomic E-state index is -1.03. The van der Waals surface area contributed by atoms with Crippen molar-refractivity contribution in [1.29, 1.82) is 0 Å². The average Bonchev–Trinajstić information content (AvgIpc) is 3.40. The van der Waals surface area contributed by atoms with Crippen molar-refractivity contribution in [2.24, 2.45) is 16.8 Å². The second kappa shape index (κ2) is 21.0. The van der Waals surface area contributed by atoms with Gasteiger partial charge >= 0.3 is 18.2 Å².